The molecule has 2 saturated heterocycles. The van der Waals surface area contributed by atoms with Crippen molar-refractivity contribution in [2.45, 2.75) is 51.0 Å². The Hall–Kier alpha value is -2.94. The van der Waals surface area contributed by atoms with E-state index in [1.54, 1.807) is 0 Å². The van der Waals surface area contributed by atoms with Crippen molar-refractivity contribution in [3.63, 3.8) is 0 Å². The van der Waals surface area contributed by atoms with Gasteiger partial charge in [0.25, 0.3) is 5.91 Å². The molecule has 0 saturated carbocycles. The normalized spacial score (nSPS) is 20.1. The van der Waals surface area contributed by atoms with Crippen molar-refractivity contribution in [3.8, 4) is 0 Å². The van der Waals surface area contributed by atoms with Crippen LogP contribution in [0.25, 0.3) is 11.0 Å². The molecule has 1 amide bonds. The van der Waals surface area contributed by atoms with Gasteiger partial charge in [-0.05, 0) is 37.5 Å². The number of aromatic nitrogens is 4. The van der Waals surface area contributed by atoms with Crippen LogP contribution in [0.1, 0.15) is 67.0 Å². The first kappa shape index (κ1) is 20.9. The minimum absolute atomic E-state index is 0.0301. The van der Waals surface area contributed by atoms with Crippen molar-refractivity contribution in [1.29, 1.82) is 0 Å². The topological polar surface area (TPSA) is 101 Å². The molecule has 0 radical (unpaired) electrons. The molecule has 1 atom stereocenters. The second-order valence-electron chi connectivity index (χ2n) is 9.27. The zero-order chi connectivity index (χ0) is 22.4. The van der Waals surface area contributed by atoms with E-state index < -0.39 is 0 Å². The number of aliphatic hydroxyl groups is 1. The van der Waals surface area contributed by atoms with E-state index >= 15 is 0 Å². The fourth-order valence-corrected chi connectivity index (χ4v) is 4.69. The van der Waals surface area contributed by atoms with Crippen LogP contribution in [0.15, 0.2) is 22.7 Å². The lowest BCUT2D eigenvalue weighted by molar-refractivity contribution is 0.0704. The van der Waals surface area contributed by atoms with Gasteiger partial charge in [0.05, 0.1) is 17.1 Å². The van der Waals surface area contributed by atoms with Crippen LogP contribution in [-0.4, -0.2) is 67.9 Å². The molecule has 9 heteroatoms. The number of benzene rings is 1. The summed E-state index contributed by atoms with van der Waals surface area (Å²) in [5, 5.41) is 13.9. The molecular formula is C23H30N6O3. The summed E-state index contributed by atoms with van der Waals surface area (Å²) in [6, 6.07) is 5.73. The van der Waals surface area contributed by atoms with E-state index in [0.29, 0.717) is 31.1 Å². The van der Waals surface area contributed by atoms with Gasteiger partial charge in [-0.15, -0.1) is 0 Å². The van der Waals surface area contributed by atoms with Gasteiger partial charge in [-0.3, -0.25) is 4.79 Å². The number of aryl methyl sites for hydroxylation is 1. The highest BCUT2D eigenvalue weighted by atomic mass is 16.5. The number of hydrogen-bond acceptors (Lipinski definition) is 7. The minimum Gasteiger partial charge on any atom is -0.391 e. The number of hydrogen-bond donors (Lipinski definition) is 1. The predicted octanol–water partition coefficient (Wildman–Crippen LogP) is 2.67. The molecule has 1 N–H and O–H groups in total. The first-order valence-electron chi connectivity index (χ1n) is 11.4. The summed E-state index contributed by atoms with van der Waals surface area (Å²) in [4.78, 5) is 26.5. The van der Waals surface area contributed by atoms with Crippen molar-refractivity contribution < 1.29 is 14.4 Å². The van der Waals surface area contributed by atoms with Gasteiger partial charge in [-0.1, -0.05) is 19.0 Å². The van der Waals surface area contributed by atoms with Crippen LogP contribution in [0.2, 0.25) is 0 Å². The molecule has 170 valence electrons. The minimum atomic E-state index is -0.306. The molecule has 2 fully saturated rings. The zero-order valence-electron chi connectivity index (χ0n) is 18.9. The number of rotatable bonds is 4. The monoisotopic (exact) mass is 438 g/mol. The Kier molecular flexibility index (Phi) is 5.36. The third kappa shape index (κ3) is 3.74. The number of piperidine rings is 1. The summed E-state index contributed by atoms with van der Waals surface area (Å²) in [6.07, 6.45) is 2.09. The van der Waals surface area contributed by atoms with Gasteiger partial charge in [0.2, 0.25) is 11.8 Å². The van der Waals surface area contributed by atoms with Crippen molar-refractivity contribution in [3.05, 3.63) is 35.5 Å². The Morgan fingerprint density at radius 1 is 1.16 bits per heavy atom. The molecule has 2 aliphatic rings. The summed E-state index contributed by atoms with van der Waals surface area (Å²) >= 11 is 0. The Morgan fingerprint density at radius 2 is 1.94 bits per heavy atom. The first-order chi connectivity index (χ1) is 15.4. The number of carbonyl (C=O) groups excluding carboxylic acids is 1. The van der Waals surface area contributed by atoms with Gasteiger partial charge in [-0.25, -0.2) is 4.98 Å². The van der Waals surface area contributed by atoms with Crippen molar-refractivity contribution >= 4 is 22.9 Å². The molecule has 2 aliphatic heterocycles. The number of amides is 1. The van der Waals surface area contributed by atoms with Gasteiger partial charge in [0.1, 0.15) is 0 Å². The summed E-state index contributed by atoms with van der Waals surface area (Å²) in [5.74, 6) is 2.74. The Labute approximate surface area is 187 Å². The predicted molar refractivity (Wildman–Crippen MR) is 120 cm³/mol. The molecule has 2 aromatic heterocycles. The molecular weight excluding hydrogens is 408 g/mol. The van der Waals surface area contributed by atoms with E-state index in [4.69, 9.17) is 9.51 Å². The van der Waals surface area contributed by atoms with Crippen LogP contribution in [0.5, 0.6) is 0 Å². The zero-order valence-corrected chi connectivity index (χ0v) is 18.9. The Balaban J connectivity index is 1.28. The number of fused-ring (bicyclic) bond motifs is 1. The van der Waals surface area contributed by atoms with Gasteiger partial charge in [0.15, 0.2) is 5.82 Å². The maximum atomic E-state index is 13.2. The quantitative estimate of drug-likeness (QED) is 0.668. The molecule has 0 bridgehead atoms. The fraction of sp³-hybridized carbons (Fsp3) is 0.565. The average molecular weight is 439 g/mol. The lowest BCUT2D eigenvalue weighted by atomic mass is 9.96. The van der Waals surface area contributed by atoms with Crippen molar-refractivity contribution in [2.24, 2.45) is 7.05 Å². The Morgan fingerprint density at radius 3 is 2.59 bits per heavy atom. The van der Waals surface area contributed by atoms with Crippen molar-refractivity contribution in [1.82, 2.24) is 24.6 Å². The number of anilines is 1. The molecule has 0 aliphatic carbocycles. The molecule has 5 rings (SSSR count). The van der Waals surface area contributed by atoms with Crippen molar-refractivity contribution in [2.75, 3.05) is 31.1 Å². The van der Waals surface area contributed by atoms with Crippen LogP contribution >= 0.6 is 0 Å². The van der Waals surface area contributed by atoms with Crippen LogP contribution in [0.4, 0.5) is 5.95 Å². The lowest BCUT2D eigenvalue weighted by Gasteiger charge is -2.30. The number of aliphatic hydroxyl groups excluding tert-OH is 1. The van der Waals surface area contributed by atoms with Crippen LogP contribution in [-0.2, 0) is 7.05 Å². The van der Waals surface area contributed by atoms with Gasteiger partial charge >= 0.3 is 0 Å². The molecule has 9 nitrogen and oxygen atoms in total. The summed E-state index contributed by atoms with van der Waals surface area (Å²) in [5.41, 5.74) is 2.44. The lowest BCUT2D eigenvalue weighted by Crippen LogP contribution is -2.38. The maximum Gasteiger partial charge on any atom is 0.253 e. The SMILES string of the molecule is CC(C)c1noc(C2CCN(C(=O)c3ccc4c(c3)nc(N3CC[C@H](O)C3)n4C)CC2)n1. The second kappa shape index (κ2) is 8.20. The standard InChI is InChI=1S/C23H30N6O3/c1-14(2)20-25-21(32-26-20)15-6-9-28(10-7-15)22(31)16-4-5-19-18(12-16)24-23(27(19)3)29-11-8-17(30)13-29/h4-5,12,14-15,17,30H,6-11,13H2,1-3H3/t17-/m0/s1. The molecule has 1 aromatic carbocycles. The number of imidazole rings is 1. The van der Waals surface area contributed by atoms with Crippen LogP contribution in [0, 0.1) is 0 Å². The van der Waals surface area contributed by atoms with Crippen LogP contribution in [0.3, 0.4) is 0 Å². The van der Waals surface area contributed by atoms with Crippen LogP contribution < -0.4 is 4.90 Å². The van der Waals surface area contributed by atoms with E-state index in [0.717, 1.165) is 48.6 Å². The second-order valence-corrected chi connectivity index (χ2v) is 9.27. The third-order valence-corrected chi connectivity index (χ3v) is 6.66. The molecule has 4 heterocycles. The van der Waals surface area contributed by atoms with Gasteiger partial charge in [-0.2, -0.15) is 4.98 Å². The highest BCUT2D eigenvalue weighted by molar-refractivity contribution is 5.97. The van der Waals surface area contributed by atoms with E-state index in [1.807, 2.05) is 48.6 Å². The Bertz CT molecular complexity index is 1130. The summed E-state index contributed by atoms with van der Waals surface area (Å²) in [7, 11) is 1.98. The maximum absolute atomic E-state index is 13.2. The number of β-amino-alcohol motifs (C(OH)–C–C–N with tert-alkyl or cyclic N) is 1. The fourth-order valence-electron chi connectivity index (χ4n) is 4.69. The highest BCUT2D eigenvalue weighted by Gasteiger charge is 2.29. The molecule has 3 aromatic rings. The summed E-state index contributed by atoms with van der Waals surface area (Å²) < 4.78 is 7.49. The van der Waals surface area contributed by atoms with E-state index in [-0.39, 0.29) is 23.8 Å². The van der Waals surface area contributed by atoms with E-state index in [2.05, 4.69) is 15.0 Å². The number of carbonyl (C=O) groups is 1. The molecule has 0 spiro atoms. The van der Waals surface area contributed by atoms with E-state index in [9.17, 15) is 9.90 Å². The third-order valence-electron chi connectivity index (χ3n) is 6.66. The van der Waals surface area contributed by atoms with Gasteiger partial charge < -0.3 is 24.0 Å². The molecule has 32 heavy (non-hydrogen) atoms. The molecule has 0 unspecified atom stereocenters. The number of likely N-dealkylation sites (tertiary alicyclic amines) is 1. The van der Waals surface area contributed by atoms with E-state index in [1.165, 1.54) is 0 Å². The largest absolute Gasteiger partial charge is 0.391 e. The smallest absolute Gasteiger partial charge is 0.253 e. The average Bonchev–Trinajstić information content (AvgIpc) is 3.52. The highest BCUT2D eigenvalue weighted by Crippen LogP contribution is 2.29. The van der Waals surface area contributed by atoms with Gasteiger partial charge in [0, 0.05) is 50.6 Å². The number of nitrogens with zero attached hydrogens (tertiary/aromatic N) is 6. The first-order valence-corrected chi connectivity index (χ1v) is 11.4. The summed E-state index contributed by atoms with van der Waals surface area (Å²) in [6.45, 7) is 6.81.